The molecule has 2 atom stereocenters. The van der Waals surface area contributed by atoms with Crippen LogP contribution in [0.25, 0.3) is 11.5 Å². The minimum Gasteiger partial charge on any atom is -0.481 e. The molecule has 2 unspecified atom stereocenters. The lowest BCUT2D eigenvalue weighted by atomic mass is 9.88. The van der Waals surface area contributed by atoms with Gasteiger partial charge in [0.15, 0.2) is 11.5 Å². The molecule has 0 aliphatic heterocycles. The first-order valence-electron chi connectivity index (χ1n) is 7.99. The van der Waals surface area contributed by atoms with Crippen molar-refractivity contribution in [2.24, 2.45) is 5.92 Å². The van der Waals surface area contributed by atoms with Crippen LogP contribution in [0.5, 0.6) is 0 Å². The van der Waals surface area contributed by atoms with Gasteiger partial charge in [0.25, 0.3) is 0 Å². The molecule has 3 rings (SSSR count). The van der Waals surface area contributed by atoms with Crippen LogP contribution in [0.4, 0.5) is 0 Å². The lowest BCUT2D eigenvalue weighted by Crippen LogP contribution is -2.26. The van der Waals surface area contributed by atoms with Gasteiger partial charge >= 0.3 is 5.97 Å². The predicted molar refractivity (Wildman–Crippen MR) is 88.1 cm³/mol. The summed E-state index contributed by atoms with van der Waals surface area (Å²) >= 11 is 0. The zero-order chi connectivity index (χ0) is 17.8. The highest BCUT2D eigenvalue weighted by atomic mass is 16.4. The Hall–Kier alpha value is -3.09. The van der Waals surface area contributed by atoms with Gasteiger partial charge in [-0.1, -0.05) is 6.92 Å². The number of hydrogen-bond acceptors (Lipinski definition) is 5. The van der Waals surface area contributed by atoms with E-state index in [2.05, 4.69) is 9.97 Å². The molecule has 7 heteroatoms. The number of aromatic nitrogens is 2. The third kappa shape index (κ3) is 3.55. The maximum Gasteiger partial charge on any atom is 0.314 e. The Morgan fingerprint density at radius 2 is 2.00 bits per heavy atom. The van der Waals surface area contributed by atoms with E-state index in [0.29, 0.717) is 23.7 Å². The number of nitrogens with one attached hydrogen (secondary N) is 1. The molecule has 0 aliphatic carbocycles. The van der Waals surface area contributed by atoms with Crippen molar-refractivity contribution in [1.29, 1.82) is 0 Å². The van der Waals surface area contributed by atoms with Gasteiger partial charge in [-0.25, -0.2) is 4.98 Å². The summed E-state index contributed by atoms with van der Waals surface area (Å²) in [5.74, 6) is -1.76. The van der Waals surface area contributed by atoms with E-state index in [0.717, 1.165) is 0 Å². The number of nitrogens with zero attached hydrogens (tertiary/aromatic N) is 1. The number of carbonyl (C=O) groups excluding carboxylic acids is 1. The topological polar surface area (TPSA) is 109 Å². The second kappa shape index (κ2) is 7.21. The predicted octanol–water partition coefficient (Wildman–Crippen LogP) is 3.73. The van der Waals surface area contributed by atoms with Gasteiger partial charge in [0.1, 0.15) is 17.4 Å². The van der Waals surface area contributed by atoms with E-state index in [4.69, 9.17) is 8.83 Å². The standard InChI is InChI=1S/C18H18N2O5/c1-2-11(17-19-10-13(20-17)14-5-3-7-24-14)9-12(18(22)23)16(21)15-6-4-8-25-15/h3-8,10-12H,2,9H2,1H3,(H,19,20)(H,22,23). The van der Waals surface area contributed by atoms with Crippen LogP contribution in [0.3, 0.4) is 0 Å². The molecular weight excluding hydrogens is 324 g/mol. The Kier molecular flexibility index (Phi) is 4.83. The van der Waals surface area contributed by atoms with Crippen molar-refractivity contribution < 1.29 is 23.5 Å². The number of rotatable bonds is 8. The zero-order valence-corrected chi connectivity index (χ0v) is 13.6. The number of aliphatic carboxylic acids is 1. The zero-order valence-electron chi connectivity index (χ0n) is 13.6. The maximum atomic E-state index is 12.4. The van der Waals surface area contributed by atoms with Gasteiger partial charge in [-0.15, -0.1) is 0 Å². The summed E-state index contributed by atoms with van der Waals surface area (Å²) in [7, 11) is 0. The second-order valence-electron chi connectivity index (χ2n) is 5.73. The van der Waals surface area contributed by atoms with Gasteiger partial charge in [0, 0.05) is 5.92 Å². The van der Waals surface area contributed by atoms with Crippen LogP contribution >= 0.6 is 0 Å². The van der Waals surface area contributed by atoms with Gasteiger partial charge < -0.3 is 18.9 Å². The van der Waals surface area contributed by atoms with Crippen LogP contribution in [0, 0.1) is 5.92 Å². The Labute approximate surface area is 143 Å². The fourth-order valence-electron chi connectivity index (χ4n) is 2.77. The van der Waals surface area contributed by atoms with Crippen molar-refractivity contribution in [3.05, 3.63) is 54.6 Å². The number of ketones is 1. The largest absolute Gasteiger partial charge is 0.481 e. The fourth-order valence-corrected chi connectivity index (χ4v) is 2.77. The maximum absolute atomic E-state index is 12.4. The molecule has 0 aromatic carbocycles. The first-order chi connectivity index (χ1) is 12.1. The summed E-state index contributed by atoms with van der Waals surface area (Å²) < 4.78 is 10.4. The number of carboxylic acid groups (broad SMARTS) is 1. The number of aromatic amines is 1. The molecule has 3 heterocycles. The Balaban J connectivity index is 1.80. The Bertz CT molecular complexity index is 833. The second-order valence-corrected chi connectivity index (χ2v) is 5.73. The van der Waals surface area contributed by atoms with Crippen LogP contribution in [0.2, 0.25) is 0 Å². The number of carboxylic acids is 1. The van der Waals surface area contributed by atoms with Crippen LogP contribution in [-0.4, -0.2) is 26.8 Å². The quantitative estimate of drug-likeness (QED) is 0.477. The number of H-pyrrole nitrogens is 1. The highest BCUT2D eigenvalue weighted by Crippen LogP contribution is 2.29. The molecular formula is C18H18N2O5. The van der Waals surface area contributed by atoms with Crippen molar-refractivity contribution in [3.63, 3.8) is 0 Å². The summed E-state index contributed by atoms with van der Waals surface area (Å²) in [5, 5.41) is 9.48. The van der Waals surface area contributed by atoms with Crippen LogP contribution in [-0.2, 0) is 4.79 Å². The summed E-state index contributed by atoms with van der Waals surface area (Å²) in [6.45, 7) is 1.93. The first-order valence-corrected chi connectivity index (χ1v) is 7.99. The Morgan fingerprint density at radius 1 is 1.24 bits per heavy atom. The van der Waals surface area contributed by atoms with Gasteiger partial charge in [-0.05, 0) is 37.1 Å². The van der Waals surface area contributed by atoms with Gasteiger partial charge in [0.2, 0.25) is 5.78 Å². The highest BCUT2D eigenvalue weighted by molar-refractivity contribution is 6.06. The van der Waals surface area contributed by atoms with E-state index in [1.165, 1.54) is 12.3 Å². The van der Waals surface area contributed by atoms with E-state index in [1.54, 1.807) is 30.7 Å². The molecule has 0 aliphatic rings. The molecule has 0 spiro atoms. The molecule has 0 saturated heterocycles. The van der Waals surface area contributed by atoms with E-state index in [1.807, 2.05) is 6.92 Å². The van der Waals surface area contributed by atoms with Crippen molar-refractivity contribution in [1.82, 2.24) is 9.97 Å². The van der Waals surface area contributed by atoms with Gasteiger partial charge in [-0.3, -0.25) is 9.59 Å². The lowest BCUT2D eigenvalue weighted by Gasteiger charge is -2.16. The van der Waals surface area contributed by atoms with E-state index >= 15 is 0 Å². The lowest BCUT2D eigenvalue weighted by molar-refractivity contribution is -0.140. The van der Waals surface area contributed by atoms with E-state index < -0.39 is 17.7 Å². The molecule has 3 aromatic rings. The third-order valence-corrected chi connectivity index (χ3v) is 4.16. The number of furan rings is 2. The van der Waals surface area contributed by atoms with Gasteiger partial charge in [0.05, 0.1) is 18.7 Å². The van der Waals surface area contributed by atoms with Crippen LogP contribution < -0.4 is 0 Å². The molecule has 25 heavy (non-hydrogen) atoms. The molecule has 2 N–H and O–H groups in total. The monoisotopic (exact) mass is 342 g/mol. The minimum absolute atomic E-state index is 0.0537. The fraction of sp³-hybridized carbons (Fsp3) is 0.278. The van der Waals surface area contributed by atoms with E-state index in [9.17, 15) is 14.7 Å². The van der Waals surface area contributed by atoms with Crippen molar-refractivity contribution >= 4 is 11.8 Å². The highest BCUT2D eigenvalue weighted by Gasteiger charge is 2.32. The number of carbonyl (C=O) groups is 2. The van der Waals surface area contributed by atoms with Crippen molar-refractivity contribution in [3.8, 4) is 11.5 Å². The van der Waals surface area contributed by atoms with E-state index in [-0.39, 0.29) is 18.1 Å². The average molecular weight is 342 g/mol. The molecule has 0 saturated carbocycles. The summed E-state index contributed by atoms with van der Waals surface area (Å²) in [6.07, 6.45) is 5.33. The molecule has 0 bridgehead atoms. The van der Waals surface area contributed by atoms with Crippen molar-refractivity contribution in [2.45, 2.75) is 25.7 Å². The SMILES string of the molecule is CCC(CC(C(=O)O)C(=O)c1ccco1)c1ncc(-c2ccco2)[nH]1. The molecule has 7 nitrogen and oxygen atoms in total. The summed E-state index contributed by atoms with van der Waals surface area (Å²) in [5.41, 5.74) is 0.711. The van der Waals surface area contributed by atoms with Crippen LogP contribution in [0.15, 0.2) is 51.8 Å². The molecule has 0 radical (unpaired) electrons. The molecule has 0 fully saturated rings. The third-order valence-electron chi connectivity index (χ3n) is 4.16. The van der Waals surface area contributed by atoms with Gasteiger partial charge in [-0.2, -0.15) is 0 Å². The molecule has 3 aromatic heterocycles. The number of imidazole rings is 1. The summed E-state index contributed by atoms with van der Waals surface area (Å²) in [4.78, 5) is 31.5. The molecule has 0 amide bonds. The average Bonchev–Trinajstić information content (AvgIpc) is 3.34. The molecule has 130 valence electrons. The number of Topliss-reactive ketones (excluding diaryl/α,β-unsaturated/α-hetero) is 1. The summed E-state index contributed by atoms with van der Waals surface area (Å²) in [6, 6.07) is 6.61. The van der Waals surface area contributed by atoms with Crippen molar-refractivity contribution in [2.75, 3.05) is 0 Å². The normalized spacial score (nSPS) is 13.5. The van der Waals surface area contributed by atoms with Crippen LogP contribution in [0.1, 0.15) is 42.1 Å². The minimum atomic E-state index is -1.19. The first kappa shape index (κ1) is 16.8. The Morgan fingerprint density at radius 3 is 2.60 bits per heavy atom. The smallest absolute Gasteiger partial charge is 0.314 e. The number of hydrogen-bond donors (Lipinski definition) is 2.